The van der Waals surface area contributed by atoms with E-state index in [4.69, 9.17) is 14.2 Å². The van der Waals surface area contributed by atoms with Crippen LogP contribution in [0.3, 0.4) is 0 Å². The van der Waals surface area contributed by atoms with Crippen molar-refractivity contribution in [1.29, 1.82) is 0 Å². The molecule has 0 spiro atoms. The van der Waals surface area contributed by atoms with Gasteiger partial charge in [-0.25, -0.2) is 0 Å². The van der Waals surface area contributed by atoms with Gasteiger partial charge >= 0.3 is 0 Å². The molecule has 1 amide bonds. The topological polar surface area (TPSA) is 86.3 Å². The predicted octanol–water partition coefficient (Wildman–Crippen LogP) is 3.68. The molecule has 2 aliphatic heterocycles. The summed E-state index contributed by atoms with van der Waals surface area (Å²) >= 11 is 0. The molecule has 2 fully saturated rings. The van der Waals surface area contributed by atoms with Crippen LogP contribution in [0.5, 0.6) is 0 Å². The van der Waals surface area contributed by atoms with Gasteiger partial charge in [-0.2, -0.15) is 10.1 Å². The summed E-state index contributed by atoms with van der Waals surface area (Å²) in [6.45, 7) is 2.77. The lowest BCUT2D eigenvalue weighted by Gasteiger charge is -2.30. The highest BCUT2D eigenvalue weighted by atomic mass is 16.5. The van der Waals surface area contributed by atoms with E-state index in [1.54, 1.807) is 0 Å². The Morgan fingerprint density at radius 2 is 1.84 bits per heavy atom. The van der Waals surface area contributed by atoms with E-state index >= 15 is 0 Å². The third-order valence-corrected chi connectivity index (χ3v) is 6.42. The van der Waals surface area contributed by atoms with Gasteiger partial charge in [0, 0.05) is 35.5 Å². The highest BCUT2D eigenvalue weighted by Gasteiger charge is 2.28. The third kappa shape index (κ3) is 3.36. The van der Waals surface area contributed by atoms with Gasteiger partial charge in [-0.1, -0.05) is 29.4 Å². The first kappa shape index (κ1) is 19.2. The van der Waals surface area contributed by atoms with Crippen LogP contribution in [0.1, 0.15) is 41.0 Å². The van der Waals surface area contributed by atoms with Crippen molar-refractivity contribution >= 4 is 16.8 Å². The highest BCUT2D eigenvalue weighted by Crippen LogP contribution is 2.31. The van der Waals surface area contributed by atoms with Crippen LogP contribution in [0.15, 0.2) is 59.3 Å². The first-order valence-corrected chi connectivity index (χ1v) is 11.0. The standard InChI is InChI=1S/C24H23N5O3/c30-24(17-4-2-1-3-5-17)28-10-8-16(9-11-28)22-26-23(32-27-22)18-6-7-19-13-25-29(21(19)12-18)20-14-31-15-20/h1-7,12-13,16,20H,8-11,14-15H2. The molecule has 8 nitrogen and oxygen atoms in total. The minimum Gasteiger partial charge on any atom is -0.377 e. The molecule has 0 saturated carbocycles. The Morgan fingerprint density at radius 3 is 2.59 bits per heavy atom. The SMILES string of the molecule is O=C(c1ccccc1)N1CCC(c2noc(-c3ccc4cnn(C5COC5)c4c3)n2)CC1. The van der Waals surface area contributed by atoms with Crippen LogP contribution in [-0.2, 0) is 4.74 Å². The van der Waals surface area contributed by atoms with E-state index in [9.17, 15) is 4.79 Å². The van der Waals surface area contributed by atoms with Gasteiger partial charge in [0.25, 0.3) is 11.8 Å². The fraction of sp³-hybridized carbons (Fsp3) is 0.333. The zero-order valence-electron chi connectivity index (χ0n) is 17.6. The Labute approximate surface area is 184 Å². The van der Waals surface area contributed by atoms with Gasteiger partial charge in [0.2, 0.25) is 0 Å². The lowest BCUT2D eigenvalue weighted by molar-refractivity contribution is -0.0266. The number of ether oxygens (including phenoxy) is 1. The zero-order valence-corrected chi connectivity index (χ0v) is 17.6. The number of rotatable bonds is 4. The number of hydrogen-bond donors (Lipinski definition) is 0. The van der Waals surface area contributed by atoms with Crippen molar-refractivity contribution in [3.8, 4) is 11.5 Å². The van der Waals surface area contributed by atoms with E-state index in [-0.39, 0.29) is 17.9 Å². The molecular weight excluding hydrogens is 406 g/mol. The summed E-state index contributed by atoms with van der Waals surface area (Å²) in [5, 5.41) is 9.86. The van der Waals surface area contributed by atoms with E-state index in [0.29, 0.717) is 38.0 Å². The molecule has 2 aromatic heterocycles. The van der Waals surface area contributed by atoms with Gasteiger partial charge in [-0.05, 0) is 37.1 Å². The molecule has 2 saturated heterocycles. The molecule has 0 atom stereocenters. The Hall–Kier alpha value is -3.52. The van der Waals surface area contributed by atoms with Crippen molar-refractivity contribution in [1.82, 2.24) is 24.8 Å². The Bertz CT molecular complexity index is 1250. The molecule has 0 radical (unpaired) electrons. The maximum absolute atomic E-state index is 12.7. The molecule has 0 unspecified atom stereocenters. The minimum absolute atomic E-state index is 0.0830. The largest absolute Gasteiger partial charge is 0.377 e. The molecule has 6 rings (SSSR count). The molecular formula is C24H23N5O3. The molecule has 0 bridgehead atoms. The Balaban J connectivity index is 1.17. The molecule has 4 heterocycles. The summed E-state index contributed by atoms with van der Waals surface area (Å²) in [7, 11) is 0. The molecule has 2 aliphatic rings. The molecule has 0 aliphatic carbocycles. The summed E-state index contributed by atoms with van der Waals surface area (Å²) < 4.78 is 12.9. The maximum Gasteiger partial charge on any atom is 0.258 e. The highest BCUT2D eigenvalue weighted by molar-refractivity contribution is 5.94. The first-order valence-electron chi connectivity index (χ1n) is 11.0. The average Bonchev–Trinajstić information content (AvgIpc) is 3.46. The van der Waals surface area contributed by atoms with Gasteiger partial charge in [-0.3, -0.25) is 9.48 Å². The number of carbonyl (C=O) groups is 1. The van der Waals surface area contributed by atoms with Crippen LogP contribution in [0.2, 0.25) is 0 Å². The van der Waals surface area contributed by atoms with Crippen LogP contribution in [0, 0.1) is 0 Å². The molecule has 32 heavy (non-hydrogen) atoms. The summed E-state index contributed by atoms with van der Waals surface area (Å²) in [6, 6.07) is 15.8. The smallest absolute Gasteiger partial charge is 0.258 e. The van der Waals surface area contributed by atoms with Gasteiger partial charge < -0.3 is 14.2 Å². The number of nitrogens with zero attached hydrogens (tertiary/aromatic N) is 5. The van der Waals surface area contributed by atoms with Crippen LogP contribution >= 0.6 is 0 Å². The summed E-state index contributed by atoms with van der Waals surface area (Å²) in [5.41, 5.74) is 2.66. The van der Waals surface area contributed by atoms with E-state index in [1.807, 2.05) is 58.2 Å². The van der Waals surface area contributed by atoms with E-state index in [0.717, 1.165) is 34.9 Å². The lowest BCUT2D eigenvalue weighted by Crippen LogP contribution is -2.38. The first-order chi connectivity index (χ1) is 15.8. The Morgan fingerprint density at radius 1 is 1.03 bits per heavy atom. The molecule has 8 heteroatoms. The number of amides is 1. The zero-order chi connectivity index (χ0) is 21.5. The van der Waals surface area contributed by atoms with E-state index < -0.39 is 0 Å². The van der Waals surface area contributed by atoms with Gasteiger partial charge in [0.1, 0.15) is 0 Å². The number of fused-ring (bicyclic) bond motifs is 1. The average molecular weight is 429 g/mol. The van der Waals surface area contributed by atoms with E-state index in [2.05, 4.69) is 16.3 Å². The van der Waals surface area contributed by atoms with Crippen molar-refractivity contribution in [2.45, 2.75) is 24.8 Å². The lowest BCUT2D eigenvalue weighted by atomic mass is 9.95. The maximum atomic E-state index is 12.7. The predicted molar refractivity (Wildman–Crippen MR) is 117 cm³/mol. The summed E-state index contributed by atoms with van der Waals surface area (Å²) in [4.78, 5) is 19.3. The van der Waals surface area contributed by atoms with Crippen molar-refractivity contribution in [3.63, 3.8) is 0 Å². The monoisotopic (exact) mass is 429 g/mol. The fourth-order valence-corrected chi connectivity index (χ4v) is 4.45. The molecule has 0 N–H and O–H groups in total. The number of aromatic nitrogens is 4. The van der Waals surface area contributed by atoms with Gasteiger partial charge in [0.15, 0.2) is 5.82 Å². The van der Waals surface area contributed by atoms with Crippen molar-refractivity contribution < 1.29 is 14.1 Å². The Kier molecular flexibility index (Phi) is 4.72. The summed E-state index contributed by atoms with van der Waals surface area (Å²) in [5.74, 6) is 1.50. The second kappa shape index (κ2) is 7.87. The summed E-state index contributed by atoms with van der Waals surface area (Å²) in [6.07, 6.45) is 3.53. The van der Waals surface area contributed by atoms with Gasteiger partial charge in [-0.15, -0.1) is 0 Å². The van der Waals surface area contributed by atoms with Crippen molar-refractivity contribution in [2.75, 3.05) is 26.3 Å². The number of benzene rings is 2. The quantitative estimate of drug-likeness (QED) is 0.492. The normalized spacial score (nSPS) is 17.6. The van der Waals surface area contributed by atoms with E-state index in [1.165, 1.54) is 0 Å². The van der Waals surface area contributed by atoms with Crippen LogP contribution in [0.25, 0.3) is 22.4 Å². The second-order valence-electron chi connectivity index (χ2n) is 8.44. The molecule has 162 valence electrons. The third-order valence-electron chi connectivity index (χ3n) is 6.42. The number of likely N-dealkylation sites (tertiary alicyclic amines) is 1. The van der Waals surface area contributed by atoms with Crippen LogP contribution in [-0.4, -0.2) is 57.0 Å². The molecule has 4 aromatic rings. The van der Waals surface area contributed by atoms with Crippen LogP contribution in [0.4, 0.5) is 0 Å². The number of hydrogen-bond acceptors (Lipinski definition) is 6. The number of carbonyl (C=O) groups excluding carboxylic acids is 1. The minimum atomic E-state index is 0.0830. The van der Waals surface area contributed by atoms with Crippen molar-refractivity contribution in [2.24, 2.45) is 0 Å². The van der Waals surface area contributed by atoms with Crippen molar-refractivity contribution in [3.05, 3.63) is 66.1 Å². The number of piperidine rings is 1. The fourth-order valence-electron chi connectivity index (χ4n) is 4.45. The second-order valence-corrected chi connectivity index (χ2v) is 8.44. The van der Waals surface area contributed by atoms with Gasteiger partial charge in [0.05, 0.1) is 31.0 Å². The van der Waals surface area contributed by atoms with Crippen LogP contribution < -0.4 is 0 Å². The molecule has 2 aromatic carbocycles.